The fourth-order valence-electron chi connectivity index (χ4n) is 13.0. The number of rotatable bonds is 9. The second-order valence-electron chi connectivity index (χ2n) is 26.1. The quantitative estimate of drug-likeness (QED) is 0.0731. The number of benzene rings is 3. The minimum Gasteiger partial charge on any atom is -0.463 e. The van der Waals surface area contributed by atoms with E-state index in [1.807, 2.05) is 45.6 Å². The summed E-state index contributed by atoms with van der Waals surface area (Å²) in [6, 6.07) is 30.7. The maximum Gasteiger partial charge on any atom is 0.320 e. The number of pyridine rings is 2. The van der Waals surface area contributed by atoms with E-state index in [2.05, 4.69) is 195 Å². The summed E-state index contributed by atoms with van der Waals surface area (Å²) in [7, 11) is 0. The van der Waals surface area contributed by atoms with E-state index in [-0.39, 0.29) is 6.01 Å². The van der Waals surface area contributed by atoms with E-state index in [0.717, 1.165) is 97.2 Å². The van der Waals surface area contributed by atoms with Gasteiger partial charge in [-0.3, -0.25) is 15.1 Å². The number of nitrogens with one attached hydrogen (secondary N) is 3. The zero-order valence-corrected chi connectivity index (χ0v) is 56.5. The Labute approximate surface area is 578 Å². The van der Waals surface area contributed by atoms with Crippen molar-refractivity contribution in [2.75, 3.05) is 37.0 Å². The molecule has 17 rings (SSSR count). The number of nitrogens with two attached hydrogens (primary N) is 3. The van der Waals surface area contributed by atoms with Crippen LogP contribution in [0.3, 0.4) is 0 Å². The topological polar surface area (TPSA) is 315 Å². The molecule has 12 heterocycles. The average Bonchev–Trinajstić information content (AvgIpc) is 1.62. The van der Waals surface area contributed by atoms with Crippen molar-refractivity contribution >= 4 is 50.9 Å². The minimum absolute atomic E-state index is 0.289. The highest BCUT2D eigenvalue weighted by molar-refractivity contribution is 5.84. The van der Waals surface area contributed by atoms with E-state index in [1.54, 1.807) is 0 Å². The second-order valence-corrected chi connectivity index (χ2v) is 26.1. The number of fused-ring (bicyclic) bond motifs is 9. The summed E-state index contributed by atoms with van der Waals surface area (Å²) in [4.78, 5) is 49.9. The fraction of sp³-hybridized carbons (Fsp3) is 0.316. The molecule has 9 N–H and O–H groups in total. The number of aromatic amines is 1. The molecule has 100 heavy (non-hydrogen) atoms. The van der Waals surface area contributed by atoms with Gasteiger partial charge in [0.25, 0.3) is 0 Å². The van der Waals surface area contributed by atoms with Crippen LogP contribution in [0.4, 0.5) is 17.5 Å². The summed E-state index contributed by atoms with van der Waals surface area (Å²) in [6.07, 6.45) is 32.0. The smallest absolute Gasteiger partial charge is 0.320 e. The Morgan fingerprint density at radius 2 is 0.830 bits per heavy atom. The van der Waals surface area contributed by atoms with Gasteiger partial charge in [-0.25, -0.2) is 15.0 Å². The molecule has 0 unspecified atom stereocenters. The lowest BCUT2D eigenvalue weighted by Gasteiger charge is -2.26. The van der Waals surface area contributed by atoms with Gasteiger partial charge in [0.15, 0.2) is 50.9 Å². The monoisotopic (exact) mass is 1340 g/mol. The first-order valence-corrected chi connectivity index (χ1v) is 34.5. The van der Waals surface area contributed by atoms with Gasteiger partial charge in [0.2, 0.25) is 0 Å². The zero-order chi connectivity index (χ0) is 68.1. The van der Waals surface area contributed by atoms with E-state index in [0.29, 0.717) is 115 Å². The Hall–Kier alpha value is -11.2. The van der Waals surface area contributed by atoms with Crippen LogP contribution in [-0.4, -0.2) is 111 Å². The second kappa shape index (κ2) is 29.1. The number of nitrogens with zero attached hydrogens (tertiary/aromatic N) is 15. The van der Waals surface area contributed by atoms with Crippen molar-refractivity contribution < 1.29 is 14.2 Å². The lowest BCUT2D eigenvalue weighted by molar-refractivity contribution is 0.300. The molecule has 5 aliphatic rings. The number of allylic oxidation sites excluding steroid dienone is 3. The molecule has 0 amide bonds. The Bertz CT molecular complexity index is 5030. The van der Waals surface area contributed by atoms with Crippen LogP contribution in [0.1, 0.15) is 114 Å². The number of hydrogen-bond donors (Lipinski definition) is 6. The van der Waals surface area contributed by atoms with E-state index in [1.165, 1.54) is 82.2 Å². The molecule has 2 fully saturated rings. The van der Waals surface area contributed by atoms with Crippen LogP contribution in [-0.2, 0) is 52.0 Å². The van der Waals surface area contributed by atoms with Gasteiger partial charge >= 0.3 is 18.0 Å². The molecule has 2 aliphatic carbocycles. The highest BCUT2D eigenvalue weighted by Gasteiger charge is 2.23. The highest BCUT2D eigenvalue weighted by Crippen LogP contribution is 2.33. The summed E-state index contributed by atoms with van der Waals surface area (Å²) in [5.74, 6) is 3.55. The summed E-state index contributed by atoms with van der Waals surface area (Å²) < 4.78 is 23.5. The average molecular weight is 1340 g/mol. The van der Waals surface area contributed by atoms with Gasteiger partial charge in [-0.05, 0) is 147 Å². The molecular formula is C76H81N21O3. The Morgan fingerprint density at radius 3 is 1.17 bits per heavy atom. The molecule has 12 bridgehead atoms. The normalized spacial score (nSPS) is 16.4. The summed E-state index contributed by atoms with van der Waals surface area (Å²) in [5, 5.41) is 14.1. The van der Waals surface area contributed by atoms with E-state index < -0.39 is 0 Å². The van der Waals surface area contributed by atoms with E-state index >= 15 is 0 Å². The van der Waals surface area contributed by atoms with E-state index in [9.17, 15) is 0 Å². The molecule has 3 aromatic carbocycles. The number of imidazole rings is 3. The van der Waals surface area contributed by atoms with Crippen molar-refractivity contribution in [1.29, 1.82) is 0 Å². The molecular weight excluding hydrogens is 1250 g/mol. The Kier molecular flexibility index (Phi) is 18.8. The van der Waals surface area contributed by atoms with E-state index in [4.69, 9.17) is 41.4 Å². The number of ether oxygens (including phenoxy) is 3. The third-order valence-electron chi connectivity index (χ3n) is 18.9. The van der Waals surface area contributed by atoms with Gasteiger partial charge in [0.1, 0.15) is 17.5 Å². The van der Waals surface area contributed by atoms with Crippen LogP contribution in [0.5, 0.6) is 18.0 Å². The van der Waals surface area contributed by atoms with Gasteiger partial charge in [-0.2, -0.15) is 35.0 Å². The molecule has 3 aliphatic heterocycles. The molecule has 9 aromatic heterocycles. The van der Waals surface area contributed by atoms with Gasteiger partial charge in [-0.1, -0.05) is 110 Å². The van der Waals surface area contributed by atoms with Crippen molar-refractivity contribution in [1.82, 2.24) is 89.4 Å². The predicted molar refractivity (Wildman–Crippen MR) is 387 cm³/mol. The molecule has 0 saturated heterocycles. The lowest BCUT2D eigenvalue weighted by atomic mass is 9.93. The highest BCUT2D eigenvalue weighted by atomic mass is 16.5. The Morgan fingerprint density at radius 1 is 0.440 bits per heavy atom. The third-order valence-corrected chi connectivity index (χ3v) is 18.9. The number of H-pyrrole nitrogens is 1. The number of aromatic nitrogens is 16. The molecule has 12 aromatic rings. The number of hydrogen-bond acceptors (Lipinski definition) is 20. The van der Waals surface area contributed by atoms with Gasteiger partial charge in [0, 0.05) is 60.5 Å². The standard InChI is InChI=1S/C28H31N7O.C27H29N7O.C21H21N7O/c1-18-32-25-26(29)33-28-34-27(25)35(18)17-19-9-12-24(20(14-19)6-3-2-4-13-36-28)21-10-11-23(30-15-21)16-31-22-7-5-8-22;1-17-31-24-25(28)32-27-33-26(24)34(17)16-18-6-11-23(19(13-18)5-3-2-4-12-35-27)20-7-8-22(29-14-20)15-30-21-9-10-21;1-13-25-18-19(22)26-21-27-20(18)28(13)12-14-6-7-17(16-10-23-24-11-16)15(9-14)5-3-2-4-8-29-21/h2-3,9-12,14-15,22,31H,4-8,13,16-17H2,1H3,(H2,29,33,34);2-3,6-8,11,13-14,21,30H,4-5,9-10,12,15-16H2,1H3,(H2,28,32,33);2-3,6-7,9-11H,4-5,8,12H2,1H3,(H,23,24)(H2,22,26,27)/b3*3-2+. The van der Waals surface area contributed by atoms with Gasteiger partial charge < -0.3 is 55.7 Å². The van der Waals surface area contributed by atoms with Crippen molar-refractivity contribution in [2.24, 2.45) is 0 Å². The zero-order valence-electron chi connectivity index (χ0n) is 56.5. The summed E-state index contributed by atoms with van der Waals surface area (Å²) >= 11 is 0. The molecule has 0 radical (unpaired) electrons. The molecule has 0 spiro atoms. The van der Waals surface area contributed by atoms with Crippen LogP contribution >= 0.6 is 0 Å². The summed E-state index contributed by atoms with van der Waals surface area (Å²) in [5.41, 5.74) is 38.8. The van der Waals surface area contributed by atoms with Crippen LogP contribution in [0.25, 0.3) is 66.9 Å². The first kappa shape index (κ1) is 64.7. The Balaban J connectivity index is 0.000000123. The van der Waals surface area contributed by atoms with Crippen LogP contribution in [0.15, 0.2) is 140 Å². The summed E-state index contributed by atoms with van der Waals surface area (Å²) in [6.45, 7) is 10.9. The van der Waals surface area contributed by atoms with Crippen molar-refractivity contribution in [3.63, 3.8) is 0 Å². The van der Waals surface area contributed by atoms with Crippen LogP contribution < -0.4 is 42.0 Å². The largest absolute Gasteiger partial charge is 0.463 e. The lowest BCUT2D eigenvalue weighted by Crippen LogP contribution is -2.34. The predicted octanol–water partition coefficient (Wildman–Crippen LogP) is 11.3. The van der Waals surface area contributed by atoms with Gasteiger partial charge in [-0.15, -0.1) is 0 Å². The maximum absolute atomic E-state index is 6.18. The molecule has 2 saturated carbocycles. The number of aryl methyl sites for hydroxylation is 3. The fourth-order valence-corrected chi connectivity index (χ4v) is 13.0. The number of anilines is 3. The SMILES string of the molecule is Cc1nc2c(N)nc3nc2n1Cc1ccc(-c2ccc(CNC4CC4)nc2)c(c1)C/C=C/CCO3.Cc1nc2c(N)nc3nc2n1Cc1ccc(-c2ccc(CNC4CCC4)nc2)c(c1)C/C=C/CCO3.Cc1nc2c(N)nc3nc2n1Cc1ccc(-c2cn[nH]c2)c(c1)C/C=C/CCO3. The molecule has 24 nitrogen and oxygen atoms in total. The third kappa shape index (κ3) is 14.6. The number of nitrogen functional groups attached to an aromatic ring is 3. The van der Waals surface area contributed by atoms with Crippen LogP contribution in [0, 0.1) is 20.8 Å². The molecule has 24 heteroatoms. The van der Waals surface area contributed by atoms with Gasteiger partial charge in [0.05, 0.1) is 57.0 Å². The van der Waals surface area contributed by atoms with Crippen molar-refractivity contribution in [3.8, 4) is 51.4 Å². The van der Waals surface area contributed by atoms with Crippen molar-refractivity contribution in [2.45, 2.75) is 136 Å². The molecule has 508 valence electrons. The van der Waals surface area contributed by atoms with Crippen LogP contribution in [0.2, 0.25) is 0 Å². The first-order chi connectivity index (χ1) is 49.0. The van der Waals surface area contributed by atoms with Crippen molar-refractivity contribution in [3.05, 3.63) is 202 Å². The maximum atomic E-state index is 6.18. The first-order valence-electron chi connectivity index (χ1n) is 34.5. The molecule has 0 atom stereocenters. The minimum atomic E-state index is 0.289.